The highest BCUT2D eigenvalue weighted by Gasteiger charge is 2.38. The zero-order valence-corrected chi connectivity index (χ0v) is 18.1. The summed E-state index contributed by atoms with van der Waals surface area (Å²) in [6, 6.07) is 5.00. The lowest BCUT2D eigenvalue weighted by atomic mass is 10.2. The second kappa shape index (κ2) is 8.79. The van der Waals surface area contributed by atoms with Crippen LogP contribution in [-0.2, 0) is 16.0 Å². The zero-order chi connectivity index (χ0) is 22.3. The van der Waals surface area contributed by atoms with Crippen LogP contribution in [0.2, 0.25) is 0 Å². The van der Waals surface area contributed by atoms with Gasteiger partial charge in [-0.15, -0.1) is 12.4 Å². The van der Waals surface area contributed by atoms with Gasteiger partial charge in [-0.05, 0) is 38.1 Å². The minimum atomic E-state index is -4.71. The van der Waals surface area contributed by atoms with E-state index in [-0.39, 0.29) is 34.6 Å². The third-order valence-electron chi connectivity index (χ3n) is 4.09. The van der Waals surface area contributed by atoms with E-state index in [1.165, 1.54) is 38.1 Å². The van der Waals surface area contributed by atoms with E-state index in [1.807, 2.05) is 0 Å². The van der Waals surface area contributed by atoms with E-state index in [1.54, 1.807) is 0 Å². The van der Waals surface area contributed by atoms with E-state index in [4.69, 9.17) is 0 Å². The monoisotopic (exact) mass is 479 g/mol. The van der Waals surface area contributed by atoms with E-state index >= 15 is 0 Å². The van der Waals surface area contributed by atoms with Gasteiger partial charge in [-0.3, -0.25) is 0 Å². The molecule has 0 radical (unpaired) electrons. The van der Waals surface area contributed by atoms with Gasteiger partial charge in [0.2, 0.25) is 11.8 Å². The lowest BCUT2D eigenvalue weighted by molar-refractivity contribution is -0.147. The Morgan fingerprint density at radius 3 is 2.19 bits per heavy atom. The molecule has 0 saturated carbocycles. The largest absolute Gasteiger partial charge is 0.449 e. The molecule has 0 atom stereocenters. The van der Waals surface area contributed by atoms with Crippen LogP contribution in [0, 0.1) is 5.82 Å². The molecule has 0 bridgehead atoms. The van der Waals surface area contributed by atoms with Crippen LogP contribution < -0.4 is 5.32 Å². The maximum absolute atomic E-state index is 14.4. The second-order valence-corrected chi connectivity index (χ2v) is 8.76. The number of sulfone groups is 1. The highest BCUT2D eigenvalue weighted by molar-refractivity contribution is 7.90. The molecule has 0 aliphatic carbocycles. The highest BCUT2D eigenvalue weighted by atomic mass is 35.5. The molecule has 7 nitrogen and oxygen atoms in total. The van der Waals surface area contributed by atoms with Crippen molar-refractivity contribution < 1.29 is 26.0 Å². The predicted molar refractivity (Wildman–Crippen MR) is 109 cm³/mol. The molecule has 13 heteroatoms. The van der Waals surface area contributed by atoms with E-state index in [0.29, 0.717) is 5.69 Å². The normalized spacial score (nSPS) is 12.0. The maximum atomic E-state index is 14.4. The van der Waals surface area contributed by atoms with E-state index in [0.717, 1.165) is 23.2 Å². The van der Waals surface area contributed by atoms with Gasteiger partial charge in [0, 0.05) is 18.0 Å². The Morgan fingerprint density at radius 2 is 1.68 bits per heavy atom. The van der Waals surface area contributed by atoms with Gasteiger partial charge in [-0.2, -0.15) is 13.2 Å². The number of alkyl halides is 3. The molecule has 0 saturated heterocycles. The molecule has 1 N–H and O–H groups in total. The fourth-order valence-corrected chi connectivity index (χ4v) is 3.42. The van der Waals surface area contributed by atoms with Gasteiger partial charge in [0.05, 0.1) is 23.0 Å². The first-order valence-electron chi connectivity index (χ1n) is 8.62. The Hall–Kier alpha value is -2.73. The minimum Gasteiger partial charge on any atom is -0.324 e. The first-order chi connectivity index (χ1) is 13.9. The molecule has 0 fully saturated rings. The van der Waals surface area contributed by atoms with Crippen molar-refractivity contribution in [2.24, 2.45) is 0 Å². The predicted octanol–water partition coefficient (Wildman–Crippen LogP) is 4.65. The van der Waals surface area contributed by atoms with Crippen LogP contribution in [0.1, 0.15) is 25.7 Å². The number of anilines is 2. The Labute approximate surface area is 181 Å². The van der Waals surface area contributed by atoms with Crippen molar-refractivity contribution in [3.63, 3.8) is 0 Å². The van der Waals surface area contributed by atoms with Crippen molar-refractivity contribution in [2.75, 3.05) is 11.6 Å². The number of benzene rings is 1. The van der Waals surface area contributed by atoms with Crippen molar-refractivity contribution in [2.45, 2.75) is 31.0 Å². The molecule has 0 aliphatic rings. The SMILES string of the molecule is CC(C)n1c(-c2nc(Nc3ccc(S(C)(=O)=O)cc3)ncc2F)cnc1C(F)(F)F.Cl. The van der Waals surface area contributed by atoms with Gasteiger partial charge >= 0.3 is 6.18 Å². The Morgan fingerprint density at radius 1 is 1.06 bits per heavy atom. The zero-order valence-electron chi connectivity index (χ0n) is 16.5. The third kappa shape index (κ3) is 5.31. The second-order valence-electron chi connectivity index (χ2n) is 6.74. The lowest BCUT2D eigenvalue weighted by Crippen LogP contribution is -2.17. The Kier molecular flexibility index (Phi) is 6.96. The number of rotatable bonds is 5. The molecule has 3 rings (SSSR count). The van der Waals surface area contributed by atoms with Crippen LogP contribution in [0.15, 0.2) is 41.6 Å². The summed E-state index contributed by atoms with van der Waals surface area (Å²) in [7, 11) is -3.37. The van der Waals surface area contributed by atoms with E-state index < -0.39 is 33.7 Å². The number of halogens is 5. The minimum absolute atomic E-state index is 0. The summed E-state index contributed by atoms with van der Waals surface area (Å²) in [6.07, 6.45) is -1.90. The molecule has 1 aromatic carbocycles. The van der Waals surface area contributed by atoms with Crippen molar-refractivity contribution in [3.05, 3.63) is 48.3 Å². The molecule has 0 unspecified atom stereocenters. The third-order valence-corrected chi connectivity index (χ3v) is 5.22. The highest BCUT2D eigenvalue weighted by Crippen LogP contribution is 2.34. The smallest absolute Gasteiger partial charge is 0.324 e. The number of hydrogen-bond acceptors (Lipinski definition) is 6. The van der Waals surface area contributed by atoms with E-state index in [9.17, 15) is 26.0 Å². The lowest BCUT2D eigenvalue weighted by Gasteiger charge is -2.17. The average Bonchev–Trinajstić information content (AvgIpc) is 3.08. The number of imidazole rings is 1. The quantitative estimate of drug-likeness (QED) is 0.536. The molecule has 3 aromatic rings. The van der Waals surface area contributed by atoms with Crippen LogP contribution in [-0.4, -0.2) is 34.2 Å². The van der Waals surface area contributed by atoms with Gasteiger partial charge < -0.3 is 9.88 Å². The number of nitrogens with zero attached hydrogens (tertiary/aromatic N) is 4. The molecule has 0 spiro atoms. The van der Waals surface area contributed by atoms with Gasteiger partial charge in [0.1, 0.15) is 5.69 Å². The fraction of sp³-hybridized carbons (Fsp3) is 0.278. The number of hydrogen-bond donors (Lipinski definition) is 1. The molecular weight excluding hydrogens is 462 g/mol. The fourth-order valence-electron chi connectivity index (χ4n) is 2.79. The van der Waals surface area contributed by atoms with Crippen LogP contribution >= 0.6 is 12.4 Å². The molecular formula is C18H18ClF4N5O2S. The van der Waals surface area contributed by atoms with Gasteiger partial charge in [0.25, 0.3) is 0 Å². The molecule has 0 aliphatic heterocycles. The summed E-state index contributed by atoms with van der Waals surface area (Å²) in [5, 5.41) is 2.77. The molecule has 0 amide bonds. The molecule has 31 heavy (non-hydrogen) atoms. The summed E-state index contributed by atoms with van der Waals surface area (Å²) in [5.74, 6) is -2.15. The van der Waals surface area contributed by atoms with Crippen LogP contribution in [0.4, 0.5) is 29.2 Å². The number of aromatic nitrogens is 4. The molecule has 168 valence electrons. The molecule has 2 heterocycles. The van der Waals surface area contributed by atoms with Crippen molar-refractivity contribution in [3.8, 4) is 11.4 Å². The van der Waals surface area contributed by atoms with Crippen molar-refractivity contribution in [1.29, 1.82) is 0 Å². The van der Waals surface area contributed by atoms with Crippen LogP contribution in [0.5, 0.6) is 0 Å². The summed E-state index contributed by atoms with van der Waals surface area (Å²) < 4.78 is 78.1. The van der Waals surface area contributed by atoms with Gasteiger partial charge in [0.15, 0.2) is 15.7 Å². The summed E-state index contributed by atoms with van der Waals surface area (Å²) >= 11 is 0. The summed E-state index contributed by atoms with van der Waals surface area (Å²) in [6.45, 7) is 3.03. The van der Waals surface area contributed by atoms with Crippen LogP contribution in [0.25, 0.3) is 11.4 Å². The van der Waals surface area contributed by atoms with Gasteiger partial charge in [-0.25, -0.2) is 27.8 Å². The van der Waals surface area contributed by atoms with Crippen molar-refractivity contribution >= 4 is 33.9 Å². The topological polar surface area (TPSA) is 89.8 Å². The maximum Gasteiger partial charge on any atom is 0.449 e. The van der Waals surface area contributed by atoms with Gasteiger partial charge in [-0.1, -0.05) is 0 Å². The summed E-state index contributed by atoms with van der Waals surface area (Å²) in [4.78, 5) is 11.3. The standard InChI is InChI=1S/C18H17F4N5O2S.ClH/c1-10(2)27-14(9-23-16(27)18(20,21)22)15-13(19)8-24-17(26-15)25-11-4-6-12(7-5-11)30(3,28)29;/h4-10H,1-3H3,(H,24,25,26);1H. The Bertz CT molecular complexity index is 1180. The van der Waals surface area contributed by atoms with Crippen molar-refractivity contribution in [1.82, 2.24) is 19.5 Å². The number of nitrogens with one attached hydrogen (secondary N) is 1. The first-order valence-corrected chi connectivity index (χ1v) is 10.5. The Balaban J connectivity index is 0.00000341. The average molecular weight is 480 g/mol. The molecule has 2 aromatic heterocycles. The van der Waals surface area contributed by atoms with Crippen LogP contribution in [0.3, 0.4) is 0 Å². The summed E-state index contributed by atoms with van der Waals surface area (Å²) in [5.41, 5.74) is -0.0852. The first kappa shape index (κ1) is 24.5. The van der Waals surface area contributed by atoms with E-state index in [2.05, 4.69) is 20.3 Å².